The van der Waals surface area contributed by atoms with E-state index in [0.29, 0.717) is 29.9 Å². The maximum atomic E-state index is 13.8. The van der Waals surface area contributed by atoms with Gasteiger partial charge in [-0.3, -0.25) is 9.10 Å². The molecule has 1 atom stereocenters. The Bertz CT molecular complexity index is 959. The van der Waals surface area contributed by atoms with Crippen molar-refractivity contribution in [1.82, 2.24) is 0 Å². The van der Waals surface area contributed by atoms with Gasteiger partial charge in [0, 0.05) is 18.2 Å². The van der Waals surface area contributed by atoms with Crippen LogP contribution in [0.2, 0.25) is 0 Å². The predicted octanol–water partition coefficient (Wildman–Crippen LogP) is 3.49. The van der Waals surface area contributed by atoms with Crippen molar-refractivity contribution in [3.63, 3.8) is 0 Å². The number of nitrogens with zero attached hydrogens (tertiary/aromatic N) is 1. The van der Waals surface area contributed by atoms with Crippen LogP contribution in [0.25, 0.3) is 0 Å². The molecule has 144 valence electrons. The fraction of sp³-hybridized carbons (Fsp3) is 0.350. The molecule has 1 N–H and O–H groups in total. The second-order valence-corrected chi connectivity index (χ2v) is 8.94. The van der Waals surface area contributed by atoms with Crippen LogP contribution < -0.4 is 9.62 Å². The molecule has 3 rings (SSSR count). The van der Waals surface area contributed by atoms with Crippen molar-refractivity contribution in [1.29, 1.82) is 0 Å². The second-order valence-electron chi connectivity index (χ2n) is 6.93. The molecule has 1 aliphatic heterocycles. The second kappa shape index (κ2) is 7.68. The van der Waals surface area contributed by atoms with Crippen molar-refractivity contribution in [2.45, 2.75) is 26.7 Å². The SMILES string of the molecule is Cc1ccc(NC(=O)C(C)Cc2ccccc2F)cc1N1CCCS1(=O)=O. The quantitative estimate of drug-likeness (QED) is 0.850. The molecule has 0 radical (unpaired) electrons. The van der Waals surface area contributed by atoms with Crippen LogP contribution >= 0.6 is 0 Å². The molecule has 27 heavy (non-hydrogen) atoms. The van der Waals surface area contributed by atoms with Gasteiger partial charge in [-0.05, 0) is 49.1 Å². The topological polar surface area (TPSA) is 66.5 Å². The third-order valence-electron chi connectivity index (χ3n) is 4.78. The first-order chi connectivity index (χ1) is 12.8. The molecule has 0 saturated carbocycles. The average Bonchev–Trinajstić information content (AvgIpc) is 2.97. The first-order valence-electron chi connectivity index (χ1n) is 8.93. The molecule has 1 fully saturated rings. The highest BCUT2D eigenvalue weighted by molar-refractivity contribution is 7.93. The maximum Gasteiger partial charge on any atom is 0.235 e. The van der Waals surface area contributed by atoms with Crippen LogP contribution in [0.1, 0.15) is 24.5 Å². The van der Waals surface area contributed by atoms with Gasteiger partial charge in [0.15, 0.2) is 0 Å². The molecule has 1 aliphatic rings. The lowest BCUT2D eigenvalue weighted by Crippen LogP contribution is -2.26. The highest BCUT2D eigenvalue weighted by Gasteiger charge is 2.29. The van der Waals surface area contributed by atoms with E-state index in [9.17, 15) is 17.6 Å². The number of carbonyl (C=O) groups is 1. The van der Waals surface area contributed by atoms with Crippen molar-refractivity contribution < 1.29 is 17.6 Å². The highest BCUT2D eigenvalue weighted by atomic mass is 32.2. The number of amides is 1. The van der Waals surface area contributed by atoms with E-state index in [0.717, 1.165) is 5.56 Å². The summed E-state index contributed by atoms with van der Waals surface area (Å²) in [6.07, 6.45) is 0.885. The third kappa shape index (κ3) is 4.30. The Morgan fingerprint density at radius 3 is 2.67 bits per heavy atom. The van der Waals surface area contributed by atoms with Crippen molar-refractivity contribution >= 4 is 27.3 Å². The average molecular weight is 390 g/mol. The molecule has 1 heterocycles. The van der Waals surface area contributed by atoms with E-state index >= 15 is 0 Å². The Hall–Kier alpha value is -2.41. The highest BCUT2D eigenvalue weighted by Crippen LogP contribution is 2.30. The zero-order valence-electron chi connectivity index (χ0n) is 15.4. The van der Waals surface area contributed by atoms with Crippen LogP contribution in [-0.2, 0) is 21.2 Å². The van der Waals surface area contributed by atoms with Crippen molar-refractivity contribution in [3.05, 3.63) is 59.4 Å². The standard InChI is InChI=1S/C20H23FN2O3S/c1-14-8-9-17(13-19(14)23-10-5-11-27(23,25)26)22-20(24)15(2)12-16-6-3-4-7-18(16)21/h3-4,6-9,13,15H,5,10-12H2,1-2H3,(H,22,24). The number of hydrogen-bond acceptors (Lipinski definition) is 3. The maximum absolute atomic E-state index is 13.8. The number of sulfonamides is 1. The smallest absolute Gasteiger partial charge is 0.235 e. The van der Waals surface area contributed by atoms with Gasteiger partial charge in [-0.25, -0.2) is 12.8 Å². The monoisotopic (exact) mass is 390 g/mol. The molecule has 1 amide bonds. The molecule has 1 unspecified atom stereocenters. The number of benzene rings is 2. The van der Waals surface area contributed by atoms with Crippen molar-refractivity contribution in [3.8, 4) is 0 Å². The molecule has 2 aromatic rings. The fourth-order valence-corrected chi connectivity index (χ4v) is 4.84. The van der Waals surface area contributed by atoms with Crippen LogP contribution in [-0.4, -0.2) is 26.6 Å². The van der Waals surface area contributed by atoms with Gasteiger partial charge in [0.2, 0.25) is 15.9 Å². The fourth-order valence-electron chi connectivity index (χ4n) is 3.22. The number of anilines is 2. The molecule has 5 nitrogen and oxygen atoms in total. The van der Waals surface area contributed by atoms with E-state index in [4.69, 9.17) is 0 Å². The normalized spacial score (nSPS) is 16.9. The van der Waals surface area contributed by atoms with E-state index in [1.807, 2.05) is 6.92 Å². The van der Waals surface area contributed by atoms with E-state index in [1.54, 1.807) is 43.3 Å². The first kappa shape index (κ1) is 19.4. The summed E-state index contributed by atoms with van der Waals surface area (Å²) >= 11 is 0. The Kier molecular flexibility index (Phi) is 5.51. The lowest BCUT2D eigenvalue weighted by molar-refractivity contribution is -0.119. The van der Waals surface area contributed by atoms with Gasteiger partial charge in [0.25, 0.3) is 0 Å². The number of aryl methyl sites for hydroxylation is 1. The number of carbonyl (C=O) groups excluding carboxylic acids is 1. The van der Waals surface area contributed by atoms with E-state index in [2.05, 4.69) is 5.32 Å². The lowest BCUT2D eigenvalue weighted by atomic mass is 10.00. The molecule has 0 bridgehead atoms. The van der Waals surface area contributed by atoms with Gasteiger partial charge < -0.3 is 5.32 Å². The van der Waals surface area contributed by atoms with Crippen LogP contribution in [0.15, 0.2) is 42.5 Å². The van der Waals surface area contributed by atoms with Gasteiger partial charge in [-0.1, -0.05) is 31.2 Å². The van der Waals surface area contributed by atoms with Crippen LogP contribution in [0, 0.1) is 18.7 Å². The number of hydrogen-bond donors (Lipinski definition) is 1. The van der Waals surface area contributed by atoms with Crippen LogP contribution in [0.4, 0.5) is 15.8 Å². The van der Waals surface area contributed by atoms with Gasteiger partial charge in [-0.2, -0.15) is 0 Å². The molecule has 2 aromatic carbocycles. The van der Waals surface area contributed by atoms with Crippen molar-refractivity contribution in [2.24, 2.45) is 5.92 Å². The minimum Gasteiger partial charge on any atom is -0.326 e. The van der Waals surface area contributed by atoms with Gasteiger partial charge in [0.1, 0.15) is 5.82 Å². The van der Waals surface area contributed by atoms with Crippen molar-refractivity contribution in [2.75, 3.05) is 21.9 Å². The minimum absolute atomic E-state index is 0.142. The van der Waals surface area contributed by atoms with E-state index in [-0.39, 0.29) is 23.9 Å². The molecule has 0 aliphatic carbocycles. The third-order valence-corrected chi connectivity index (χ3v) is 6.63. The van der Waals surface area contributed by atoms with Crippen LogP contribution in [0.5, 0.6) is 0 Å². The Morgan fingerprint density at radius 2 is 2.00 bits per heavy atom. The van der Waals surface area contributed by atoms with Gasteiger partial charge >= 0.3 is 0 Å². The van der Waals surface area contributed by atoms with Gasteiger partial charge in [0.05, 0.1) is 11.4 Å². The molecular formula is C20H23FN2O3S. The summed E-state index contributed by atoms with van der Waals surface area (Å²) < 4.78 is 39.6. The molecule has 7 heteroatoms. The largest absolute Gasteiger partial charge is 0.326 e. The molecule has 0 aromatic heterocycles. The lowest BCUT2D eigenvalue weighted by Gasteiger charge is -2.21. The number of halogens is 1. The summed E-state index contributed by atoms with van der Waals surface area (Å²) in [5, 5.41) is 2.82. The zero-order valence-corrected chi connectivity index (χ0v) is 16.2. The molecule has 0 spiro atoms. The summed E-state index contributed by atoms with van der Waals surface area (Å²) in [5.74, 6) is -0.851. The molecular weight excluding hydrogens is 367 g/mol. The first-order valence-corrected chi connectivity index (χ1v) is 10.5. The Morgan fingerprint density at radius 1 is 1.26 bits per heavy atom. The van der Waals surface area contributed by atoms with Crippen LogP contribution in [0.3, 0.4) is 0 Å². The van der Waals surface area contributed by atoms with E-state index < -0.39 is 15.9 Å². The van der Waals surface area contributed by atoms with Gasteiger partial charge in [-0.15, -0.1) is 0 Å². The van der Waals surface area contributed by atoms with E-state index in [1.165, 1.54) is 10.4 Å². The summed E-state index contributed by atoms with van der Waals surface area (Å²) in [7, 11) is -3.29. The molecule has 1 saturated heterocycles. The summed E-state index contributed by atoms with van der Waals surface area (Å²) in [6.45, 7) is 4.03. The summed E-state index contributed by atoms with van der Waals surface area (Å²) in [4.78, 5) is 12.5. The summed E-state index contributed by atoms with van der Waals surface area (Å²) in [5.41, 5.74) is 2.45. The number of nitrogens with one attached hydrogen (secondary N) is 1. The minimum atomic E-state index is -3.29. The summed E-state index contributed by atoms with van der Waals surface area (Å²) in [6, 6.07) is 11.6. The zero-order chi connectivity index (χ0) is 19.6. The number of rotatable bonds is 5. The predicted molar refractivity (Wildman–Crippen MR) is 105 cm³/mol. The Balaban J connectivity index is 1.75. The Labute approximate surface area is 159 Å².